The van der Waals surface area contributed by atoms with E-state index >= 15 is 0 Å². The largest absolute Gasteiger partial charge is 0.457 e. The first kappa shape index (κ1) is 14.0. The van der Waals surface area contributed by atoms with Gasteiger partial charge < -0.3 is 4.74 Å². The third kappa shape index (κ3) is 4.03. The zero-order valence-corrected chi connectivity index (χ0v) is 12.1. The van der Waals surface area contributed by atoms with E-state index < -0.39 is 0 Å². The molecule has 0 fully saturated rings. The van der Waals surface area contributed by atoms with Crippen molar-refractivity contribution >= 4 is 27.7 Å². The molecule has 0 saturated carbocycles. The Morgan fingerprint density at radius 3 is 2.63 bits per heavy atom. The minimum absolute atomic E-state index is 0.180. The molecule has 19 heavy (non-hydrogen) atoms. The van der Waals surface area contributed by atoms with Crippen LogP contribution in [-0.2, 0) is 9.53 Å². The van der Waals surface area contributed by atoms with E-state index in [-0.39, 0.29) is 24.3 Å². The Labute approximate surface area is 120 Å². The van der Waals surface area contributed by atoms with Gasteiger partial charge in [-0.05, 0) is 31.4 Å². The van der Waals surface area contributed by atoms with E-state index in [1.807, 2.05) is 12.2 Å². The van der Waals surface area contributed by atoms with Gasteiger partial charge in [-0.1, -0.05) is 40.2 Å². The summed E-state index contributed by atoms with van der Waals surface area (Å²) in [5, 5.41) is 0. The van der Waals surface area contributed by atoms with Gasteiger partial charge in [-0.2, -0.15) is 0 Å². The van der Waals surface area contributed by atoms with Crippen molar-refractivity contribution in [1.29, 1.82) is 0 Å². The summed E-state index contributed by atoms with van der Waals surface area (Å²) in [5.74, 6) is -0.673. The van der Waals surface area contributed by atoms with Crippen molar-refractivity contribution in [3.63, 3.8) is 0 Å². The SMILES string of the molecule is O=C(COC(=O)[C@H]1C=CCCC1)c1ccc(Br)cc1. The van der Waals surface area contributed by atoms with Crippen LogP contribution in [-0.4, -0.2) is 18.4 Å². The molecular formula is C15H15BrO3. The van der Waals surface area contributed by atoms with Gasteiger partial charge in [0.2, 0.25) is 0 Å². The number of hydrogen-bond donors (Lipinski definition) is 0. The van der Waals surface area contributed by atoms with Crippen LogP contribution in [0.3, 0.4) is 0 Å². The molecule has 4 heteroatoms. The number of rotatable bonds is 4. The number of halogens is 1. The minimum atomic E-state index is -0.304. The van der Waals surface area contributed by atoms with E-state index in [0.29, 0.717) is 5.56 Å². The van der Waals surface area contributed by atoms with E-state index in [9.17, 15) is 9.59 Å². The molecule has 0 bridgehead atoms. The number of ether oxygens (including phenoxy) is 1. The van der Waals surface area contributed by atoms with Crippen LogP contribution in [0.5, 0.6) is 0 Å². The maximum atomic E-state index is 11.8. The van der Waals surface area contributed by atoms with Crippen LogP contribution < -0.4 is 0 Å². The summed E-state index contributed by atoms with van der Waals surface area (Å²) in [6.45, 7) is -0.190. The molecule has 0 aliphatic heterocycles. The van der Waals surface area contributed by atoms with Crippen LogP contribution in [0.15, 0.2) is 40.9 Å². The Balaban J connectivity index is 1.86. The van der Waals surface area contributed by atoms with Crippen molar-refractivity contribution in [2.75, 3.05) is 6.61 Å². The van der Waals surface area contributed by atoms with Crippen molar-refractivity contribution in [2.24, 2.45) is 5.92 Å². The highest BCUT2D eigenvalue weighted by Gasteiger charge is 2.19. The van der Waals surface area contributed by atoms with Crippen molar-refractivity contribution in [1.82, 2.24) is 0 Å². The van der Waals surface area contributed by atoms with Gasteiger partial charge in [-0.3, -0.25) is 9.59 Å². The topological polar surface area (TPSA) is 43.4 Å². The summed E-state index contributed by atoms with van der Waals surface area (Å²) < 4.78 is 5.99. The summed E-state index contributed by atoms with van der Waals surface area (Å²) >= 11 is 3.30. The molecule has 1 aliphatic carbocycles. The molecule has 0 N–H and O–H groups in total. The molecular weight excluding hydrogens is 308 g/mol. The van der Waals surface area contributed by atoms with Gasteiger partial charge in [0.25, 0.3) is 0 Å². The Hall–Kier alpha value is -1.42. The van der Waals surface area contributed by atoms with Gasteiger partial charge in [0.1, 0.15) is 0 Å². The second-order valence-corrected chi connectivity index (χ2v) is 5.42. The quantitative estimate of drug-likeness (QED) is 0.484. The number of allylic oxidation sites excluding steroid dienone is 1. The molecule has 0 radical (unpaired) electrons. The van der Waals surface area contributed by atoms with E-state index in [4.69, 9.17) is 4.74 Å². The number of carbonyl (C=O) groups excluding carboxylic acids is 2. The molecule has 0 amide bonds. The molecule has 1 atom stereocenters. The molecule has 0 spiro atoms. The maximum Gasteiger partial charge on any atom is 0.313 e. The van der Waals surface area contributed by atoms with E-state index in [2.05, 4.69) is 15.9 Å². The lowest BCUT2D eigenvalue weighted by Crippen LogP contribution is -2.21. The summed E-state index contributed by atoms with van der Waals surface area (Å²) in [5.41, 5.74) is 0.551. The highest BCUT2D eigenvalue weighted by molar-refractivity contribution is 9.10. The predicted molar refractivity (Wildman–Crippen MR) is 75.9 cm³/mol. The number of Topliss-reactive ketones (excluding diaryl/α,β-unsaturated/α-hetero) is 1. The second-order valence-electron chi connectivity index (χ2n) is 4.50. The summed E-state index contributed by atoms with van der Waals surface area (Å²) in [6, 6.07) is 7.00. The number of esters is 1. The third-order valence-corrected chi connectivity index (χ3v) is 3.60. The van der Waals surface area contributed by atoms with Gasteiger partial charge in [0.15, 0.2) is 12.4 Å². The van der Waals surface area contributed by atoms with E-state index in [1.165, 1.54) is 0 Å². The van der Waals surface area contributed by atoms with Gasteiger partial charge in [0, 0.05) is 10.0 Å². The van der Waals surface area contributed by atoms with E-state index in [0.717, 1.165) is 23.7 Å². The summed E-state index contributed by atoms with van der Waals surface area (Å²) in [7, 11) is 0. The van der Waals surface area contributed by atoms with Crippen molar-refractivity contribution in [3.05, 3.63) is 46.5 Å². The first-order chi connectivity index (χ1) is 9.16. The van der Waals surface area contributed by atoms with Crippen LogP contribution in [0.25, 0.3) is 0 Å². The first-order valence-electron chi connectivity index (χ1n) is 6.29. The van der Waals surface area contributed by atoms with Gasteiger partial charge in [0.05, 0.1) is 5.92 Å². The zero-order chi connectivity index (χ0) is 13.7. The van der Waals surface area contributed by atoms with Crippen molar-refractivity contribution < 1.29 is 14.3 Å². The molecule has 2 rings (SSSR count). The molecule has 0 heterocycles. The van der Waals surface area contributed by atoms with Crippen LogP contribution in [0, 0.1) is 5.92 Å². The Morgan fingerprint density at radius 2 is 2.00 bits per heavy atom. The number of benzene rings is 1. The summed E-state index contributed by atoms with van der Waals surface area (Å²) in [6.07, 6.45) is 6.68. The van der Waals surface area contributed by atoms with E-state index in [1.54, 1.807) is 24.3 Å². The monoisotopic (exact) mass is 322 g/mol. The molecule has 0 saturated heterocycles. The average Bonchev–Trinajstić information content (AvgIpc) is 2.46. The fraction of sp³-hybridized carbons (Fsp3) is 0.333. The maximum absolute atomic E-state index is 11.8. The molecule has 1 aromatic rings. The number of hydrogen-bond acceptors (Lipinski definition) is 3. The lowest BCUT2D eigenvalue weighted by atomic mass is 9.96. The van der Waals surface area contributed by atoms with Crippen molar-refractivity contribution in [2.45, 2.75) is 19.3 Å². The molecule has 3 nitrogen and oxygen atoms in total. The highest BCUT2D eigenvalue weighted by Crippen LogP contribution is 2.18. The van der Waals surface area contributed by atoms with Crippen LogP contribution in [0.1, 0.15) is 29.6 Å². The number of ketones is 1. The molecule has 100 valence electrons. The number of carbonyl (C=O) groups is 2. The standard InChI is InChI=1S/C15H15BrO3/c16-13-8-6-11(7-9-13)14(17)10-19-15(18)12-4-2-1-3-5-12/h2,4,6-9,12H,1,3,5,10H2/t12-/m0/s1. The lowest BCUT2D eigenvalue weighted by molar-refractivity contribution is -0.146. The predicted octanol–water partition coefficient (Wildman–Crippen LogP) is 3.53. The van der Waals surface area contributed by atoms with Gasteiger partial charge in [-0.25, -0.2) is 0 Å². The first-order valence-corrected chi connectivity index (χ1v) is 7.08. The average molecular weight is 323 g/mol. The molecule has 1 aliphatic rings. The fourth-order valence-electron chi connectivity index (χ4n) is 1.97. The van der Waals surface area contributed by atoms with Gasteiger partial charge in [-0.15, -0.1) is 0 Å². The molecule has 1 aromatic carbocycles. The lowest BCUT2D eigenvalue weighted by Gasteiger charge is -2.14. The fourth-order valence-corrected chi connectivity index (χ4v) is 2.24. The van der Waals surface area contributed by atoms with Gasteiger partial charge >= 0.3 is 5.97 Å². The summed E-state index contributed by atoms with van der Waals surface area (Å²) in [4.78, 5) is 23.6. The Bertz CT molecular complexity index is 491. The molecule has 0 unspecified atom stereocenters. The van der Waals surface area contributed by atoms with Crippen LogP contribution in [0.2, 0.25) is 0 Å². The highest BCUT2D eigenvalue weighted by atomic mass is 79.9. The smallest absolute Gasteiger partial charge is 0.313 e. The van der Waals surface area contributed by atoms with Crippen LogP contribution >= 0.6 is 15.9 Å². The Kier molecular flexibility index (Phi) is 4.91. The Morgan fingerprint density at radius 1 is 1.26 bits per heavy atom. The second kappa shape index (κ2) is 6.66. The van der Waals surface area contributed by atoms with Crippen molar-refractivity contribution in [3.8, 4) is 0 Å². The normalized spacial score (nSPS) is 18.1. The minimum Gasteiger partial charge on any atom is -0.457 e. The molecule has 0 aromatic heterocycles. The zero-order valence-electron chi connectivity index (χ0n) is 10.5. The van der Waals surface area contributed by atoms with Crippen LogP contribution in [0.4, 0.5) is 0 Å². The third-order valence-electron chi connectivity index (χ3n) is 3.07.